The molecule has 156 valence electrons. The van der Waals surface area contributed by atoms with Crippen LogP contribution in [0.25, 0.3) is 0 Å². The molecule has 5 nitrogen and oxygen atoms in total. The third-order valence-electron chi connectivity index (χ3n) is 5.18. The highest BCUT2D eigenvalue weighted by Gasteiger charge is 2.27. The number of hydrogen-bond donors (Lipinski definition) is 1. The van der Waals surface area contributed by atoms with Crippen LogP contribution in [0.2, 0.25) is 5.02 Å². The highest BCUT2D eigenvalue weighted by molar-refractivity contribution is 6.32. The largest absolute Gasteiger partial charge is 0.326 e. The molecule has 1 fully saturated rings. The van der Waals surface area contributed by atoms with Crippen LogP contribution in [-0.4, -0.2) is 36.2 Å². The zero-order chi connectivity index (χ0) is 21.7. The van der Waals surface area contributed by atoms with Crippen LogP contribution in [0.1, 0.15) is 35.2 Å². The minimum atomic E-state index is -0.705. The van der Waals surface area contributed by atoms with Crippen LogP contribution < -0.4 is 5.32 Å². The molecule has 0 spiro atoms. The van der Waals surface area contributed by atoms with Crippen molar-refractivity contribution in [1.29, 1.82) is 5.26 Å². The highest BCUT2D eigenvalue weighted by atomic mass is 35.5. The number of halogens is 3. The van der Waals surface area contributed by atoms with Crippen molar-refractivity contribution in [2.24, 2.45) is 5.92 Å². The molecule has 2 aromatic rings. The topological polar surface area (TPSA) is 73.2 Å². The molecular weight excluding hydrogens is 412 g/mol. The third-order valence-corrected chi connectivity index (χ3v) is 5.49. The van der Waals surface area contributed by atoms with Crippen molar-refractivity contribution in [3.05, 3.63) is 64.2 Å². The molecule has 0 aliphatic carbocycles. The van der Waals surface area contributed by atoms with Gasteiger partial charge in [0.1, 0.15) is 17.7 Å². The molecule has 1 amide bonds. The van der Waals surface area contributed by atoms with Crippen LogP contribution in [0.3, 0.4) is 0 Å². The Bertz CT molecular complexity index is 998. The lowest BCUT2D eigenvalue weighted by atomic mass is 9.88. The number of amides is 1. The maximum atomic E-state index is 13.8. The standard InChI is InChI=1S/C22H20ClF2N3O2/c23-19-12-17(3-1-15(19)13-26)27-21(29)7-10-28-8-5-14(6-9-28)22(30)18-11-16(24)2-4-20(18)25/h1-4,11-12,14H,5-10H2,(H,27,29). The van der Waals surface area contributed by atoms with Gasteiger partial charge < -0.3 is 10.2 Å². The number of anilines is 1. The van der Waals surface area contributed by atoms with Gasteiger partial charge in [0.15, 0.2) is 5.78 Å². The highest BCUT2D eigenvalue weighted by Crippen LogP contribution is 2.24. The van der Waals surface area contributed by atoms with Crippen LogP contribution in [0.4, 0.5) is 14.5 Å². The van der Waals surface area contributed by atoms with Gasteiger partial charge in [-0.1, -0.05) is 11.6 Å². The molecule has 3 rings (SSSR count). The quantitative estimate of drug-likeness (QED) is 0.687. The van der Waals surface area contributed by atoms with Crippen molar-refractivity contribution in [3.63, 3.8) is 0 Å². The predicted octanol–water partition coefficient (Wildman–Crippen LogP) is 4.41. The van der Waals surface area contributed by atoms with E-state index >= 15 is 0 Å². The molecule has 0 bridgehead atoms. The van der Waals surface area contributed by atoms with E-state index in [1.807, 2.05) is 6.07 Å². The molecule has 2 aromatic carbocycles. The van der Waals surface area contributed by atoms with Gasteiger partial charge in [0.05, 0.1) is 16.1 Å². The monoisotopic (exact) mass is 431 g/mol. The van der Waals surface area contributed by atoms with E-state index in [0.717, 1.165) is 18.2 Å². The summed E-state index contributed by atoms with van der Waals surface area (Å²) in [5.41, 5.74) is 0.657. The zero-order valence-corrected chi connectivity index (χ0v) is 16.9. The van der Waals surface area contributed by atoms with Crippen LogP contribution >= 0.6 is 11.6 Å². The minimum absolute atomic E-state index is 0.184. The van der Waals surface area contributed by atoms with Crippen LogP contribution in [0.15, 0.2) is 36.4 Å². The summed E-state index contributed by atoms with van der Waals surface area (Å²) in [5.74, 6) is -2.25. The van der Waals surface area contributed by atoms with Crippen molar-refractivity contribution < 1.29 is 18.4 Å². The molecule has 1 N–H and O–H groups in total. The average molecular weight is 432 g/mol. The molecule has 1 heterocycles. The number of benzene rings is 2. The number of nitrogens with zero attached hydrogens (tertiary/aromatic N) is 2. The van der Waals surface area contributed by atoms with Crippen molar-refractivity contribution in [2.45, 2.75) is 19.3 Å². The fraction of sp³-hybridized carbons (Fsp3) is 0.318. The first-order valence-electron chi connectivity index (χ1n) is 9.58. The molecule has 0 radical (unpaired) electrons. The van der Waals surface area contributed by atoms with E-state index in [-0.39, 0.29) is 34.6 Å². The molecule has 0 unspecified atom stereocenters. The summed E-state index contributed by atoms with van der Waals surface area (Å²) in [7, 11) is 0. The predicted molar refractivity (Wildman–Crippen MR) is 109 cm³/mol. The van der Waals surface area contributed by atoms with E-state index in [1.165, 1.54) is 6.07 Å². The van der Waals surface area contributed by atoms with Crippen molar-refractivity contribution >= 4 is 29.0 Å². The number of ketones is 1. The average Bonchev–Trinajstić information content (AvgIpc) is 2.74. The van der Waals surface area contributed by atoms with Gasteiger partial charge in [-0.05, 0) is 62.3 Å². The fourth-order valence-electron chi connectivity index (χ4n) is 3.49. The van der Waals surface area contributed by atoms with Crippen LogP contribution in [-0.2, 0) is 4.79 Å². The lowest BCUT2D eigenvalue weighted by Crippen LogP contribution is -2.38. The SMILES string of the molecule is N#Cc1ccc(NC(=O)CCN2CCC(C(=O)c3cc(F)ccc3F)CC2)cc1Cl. The first kappa shape index (κ1) is 21.9. The summed E-state index contributed by atoms with van der Waals surface area (Å²) < 4.78 is 27.2. The Hall–Kier alpha value is -2.82. The van der Waals surface area contributed by atoms with Crippen LogP contribution in [0.5, 0.6) is 0 Å². The number of carbonyl (C=O) groups excluding carboxylic acids is 2. The first-order chi connectivity index (χ1) is 14.4. The van der Waals surface area contributed by atoms with Gasteiger partial charge >= 0.3 is 0 Å². The molecule has 0 aromatic heterocycles. The van der Waals surface area contributed by atoms with Gasteiger partial charge in [0, 0.05) is 24.6 Å². The lowest BCUT2D eigenvalue weighted by Gasteiger charge is -2.31. The Morgan fingerprint density at radius 1 is 1.17 bits per heavy atom. The van der Waals surface area contributed by atoms with Gasteiger partial charge in [0.25, 0.3) is 0 Å². The summed E-state index contributed by atoms with van der Waals surface area (Å²) in [6, 6.07) is 9.55. The Kier molecular flexibility index (Phi) is 7.14. The lowest BCUT2D eigenvalue weighted by molar-refractivity contribution is -0.116. The third kappa shape index (κ3) is 5.41. The number of Topliss-reactive ketones (excluding diaryl/α,β-unsaturated/α-hetero) is 1. The van der Waals surface area contributed by atoms with Gasteiger partial charge in [0.2, 0.25) is 5.91 Å². The van der Waals surface area contributed by atoms with Gasteiger partial charge in [-0.2, -0.15) is 5.26 Å². The number of rotatable bonds is 6. The second kappa shape index (κ2) is 9.79. The van der Waals surface area contributed by atoms with E-state index in [9.17, 15) is 18.4 Å². The molecule has 0 atom stereocenters. The summed E-state index contributed by atoms with van der Waals surface area (Å²) in [5, 5.41) is 11.9. The number of nitriles is 1. The van der Waals surface area contributed by atoms with Crippen molar-refractivity contribution in [2.75, 3.05) is 25.0 Å². The molecule has 1 saturated heterocycles. The fourth-order valence-corrected chi connectivity index (χ4v) is 3.71. The van der Waals surface area contributed by atoms with E-state index in [1.54, 1.807) is 12.1 Å². The summed E-state index contributed by atoms with van der Waals surface area (Å²) >= 11 is 5.96. The van der Waals surface area contributed by atoms with Gasteiger partial charge in [-0.25, -0.2) is 8.78 Å². The van der Waals surface area contributed by atoms with E-state index in [4.69, 9.17) is 16.9 Å². The Labute approximate surface area is 178 Å². The Morgan fingerprint density at radius 3 is 2.57 bits per heavy atom. The summed E-state index contributed by atoms with van der Waals surface area (Å²) in [6.45, 7) is 1.72. The number of likely N-dealkylation sites (tertiary alicyclic amines) is 1. The van der Waals surface area contributed by atoms with E-state index in [0.29, 0.717) is 43.7 Å². The normalized spacial score (nSPS) is 14.9. The minimum Gasteiger partial charge on any atom is -0.326 e. The molecular formula is C22H20ClF2N3O2. The number of carbonyl (C=O) groups is 2. The first-order valence-corrected chi connectivity index (χ1v) is 9.96. The number of piperidine rings is 1. The van der Waals surface area contributed by atoms with Crippen molar-refractivity contribution in [1.82, 2.24) is 4.90 Å². The van der Waals surface area contributed by atoms with E-state index in [2.05, 4.69) is 10.2 Å². The van der Waals surface area contributed by atoms with Gasteiger partial charge in [-0.3, -0.25) is 9.59 Å². The number of nitrogens with one attached hydrogen (secondary N) is 1. The molecule has 30 heavy (non-hydrogen) atoms. The number of hydrogen-bond acceptors (Lipinski definition) is 4. The van der Waals surface area contributed by atoms with Gasteiger partial charge in [-0.15, -0.1) is 0 Å². The second-order valence-electron chi connectivity index (χ2n) is 7.21. The van der Waals surface area contributed by atoms with Crippen molar-refractivity contribution in [3.8, 4) is 6.07 Å². The molecule has 0 saturated carbocycles. The van der Waals surface area contributed by atoms with E-state index < -0.39 is 11.6 Å². The summed E-state index contributed by atoms with van der Waals surface area (Å²) in [6.07, 6.45) is 1.32. The smallest absolute Gasteiger partial charge is 0.225 e. The zero-order valence-electron chi connectivity index (χ0n) is 16.1. The maximum Gasteiger partial charge on any atom is 0.225 e. The van der Waals surface area contributed by atoms with Crippen LogP contribution in [0, 0.1) is 28.9 Å². The molecule has 8 heteroatoms. The summed E-state index contributed by atoms with van der Waals surface area (Å²) in [4.78, 5) is 26.7. The second-order valence-corrected chi connectivity index (χ2v) is 7.62. The molecule has 1 aliphatic rings. The Balaban J connectivity index is 1.46. The Morgan fingerprint density at radius 2 is 1.90 bits per heavy atom. The molecule has 1 aliphatic heterocycles. The maximum absolute atomic E-state index is 13.8.